The van der Waals surface area contributed by atoms with Gasteiger partial charge in [0.05, 0.1) is 12.7 Å². The van der Waals surface area contributed by atoms with Crippen molar-refractivity contribution in [3.05, 3.63) is 53.8 Å². The van der Waals surface area contributed by atoms with Gasteiger partial charge in [-0.3, -0.25) is 4.79 Å². The molecular formula is C18H16O6. The van der Waals surface area contributed by atoms with Gasteiger partial charge in [-0.25, -0.2) is 0 Å². The number of phenols is 2. The lowest BCUT2D eigenvalue weighted by Crippen LogP contribution is -2.03. The molecule has 6 nitrogen and oxygen atoms in total. The molecule has 6 heteroatoms. The molecule has 0 aliphatic heterocycles. The number of carboxylic acid groups (broad SMARTS) is 1. The summed E-state index contributed by atoms with van der Waals surface area (Å²) in [6, 6.07) is 9.46. The highest BCUT2D eigenvalue weighted by molar-refractivity contribution is 5.86. The van der Waals surface area contributed by atoms with Gasteiger partial charge in [-0.2, -0.15) is 0 Å². The lowest BCUT2D eigenvalue weighted by atomic mass is 10.1. The SMILES string of the molecule is CC(Oc1ccc2c(CC(=O)O)coc2c1)c1ccc(O)cc1O. The molecule has 1 atom stereocenters. The Morgan fingerprint density at radius 2 is 2.00 bits per heavy atom. The molecule has 3 N–H and O–H groups in total. The molecule has 0 saturated heterocycles. The van der Waals surface area contributed by atoms with Gasteiger partial charge in [0.25, 0.3) is 0 Å². The quantitative estimate of drug-likeness (QED) is 0.661. The van der Waals surface area contributed by atoms with Gasteiger partial charge in [0.1, 0.15) is 28.9 Å². The van der Waals surface area contributed by atoms with E-state index in [0.717, 1.165) is 5.39 Å². The first-order valence-electron chi connectivity index (χ1n) is 7.34. The van der Waals surface area contributed by atoms with E-state index in [1.807, 2.05) is 0 Å². The summed E-state index contributed by atoms with van der Waals surface area (Å²) in [7, 11) is 0. The standard InChI is InChI=1S/C18H16O6/c1-10(14-4-2-12(19)7-16(14)20)24-13-3-5-15-11(6-18(21)22)9-23-17(15)8-13/h2-5,7-10,19-20H,6H2,1H3,(H,21,22). The highest BCUT2D eigenvalue weighted by Gasteiger charge is 2.15. The average Bonchev–Trinajstić information content (AvgIpc) is 2.88. The van der Waals surface area contributed by atoms with Gasteiger partial charge in [0, 0.05) is 28.6 Å². The van der Waals surface area contributed by atoms with Crippen molar-refractivity contribution in [2.75, 3.05) is 0 Å². The molecule has 124 valence electrons. The number of carbonyl (C=O) groups is 1. The Morgan fingerprint density at radius 3 is 2.71 bits per heavy atom. The third kappa shape index (κ3) is 3.12. The molecule has 1 unspecified atom stereocenters. The fraction of sp³-hybridized carbons (Fsp3) is 0.167. The number of aliphatic carboxylic acids is 1. The zero-order valence-corrected chi connectivity index (χ0v) is 12.9. The topological polar surface area (TPSA) is 100 Å². The molecule has 0 saturated carbocycles. The van der Waals surface area contributed by atoms with Crippen LogP contribution in [0.25, 0.3) is 11.0 Å². The largest absolute Gasteiger partial charge is 0.508 e. The Hall–Kier alpha value is -3.15. The van der Waals surface area contributed by atoms with Crippen molar-refractivity contribution in [1.82, 2.24) is 0 Å². The summed E-state index contributed by atoms with van der Waals surface area (Å²) in [4.78, 5) is 10.8. The third-order valence-electron chi connectivity index (χ3n) is 3.73. The minimum absolute atomic E-state index is 0.0218. The molecule has 0 aliphatic carbocycles. The number of rotatable bonds is 5. The fourth-order valence-electron chi connectivity index (χ4n) is 2.58. The first-order chi connectivity index (χ1) is 11.4. The van der Waals surface area contributed by atoms with Crippen LogP contribution >= 0.6 is 0 Å². The lowest BCUT2D eigenvalue weighted by Gasteiger charge is -2.16. The number of aromatic hydroxyl groups is 2. The molecule has 3 rings (SSSR count). The first kappa shape index (κ1) is 15.7. The molecule has 0 aliphatic rings. The summed E-state index contributed by atoms with van der Waals surface area (Å²) in [5.41, 5.74) is 1.68. The van der Waals surface area contributed by atoms with E-state index in [1.54, 1.807) is 31.2 Å². The molecule has 0 bridgehead atoms. The van der Waals surface area contributed by atoms with Gasteiger partial charge in [-0.1, -0.05) is 0 Å². The van der Waals surface area contributed by atoms with Gasteiger partial charge in [-0.05, 0) is 31.2 Å². The number of hydrogen-bond donors (Lipinski definition) is 3. The number of benzene rings is 2. The van der Waals surface area contributed by atoms with E-state index >= 15 is 0 Å². The average molecular weight is 328 g/mol. The minimum atomic E-state index is -0.922. The van der Waals surface area contributed by atoms with Crippen LogP contribution in [0.5, 0.6) is 17.2 Å². The van der Waals surface area contributed by atoms with E-state index in [1.165, 1.54) is 18.4 Å². The highest BCUT2D eigenvalue weighted by Crippen LogP contribution is 2.32. The van der Waals surface area contributed by atoms with Crippen molar-refractivity contribution in [2.24, 2.45) is 0 Å². The first-order valence-corrected chi connectivity index (χ1v) is 7.34. The monoisotopic (exact) mass is 328 g/mol. The van der Waals surface area contributed by atoms with Gasteiger partial charge >= 0.3 is 5.97 Å². The molecule has 2 aromatic carbocycles. The summed E-state index contributed by atoms with van der Waals surface area (Å²) >= 11 is 0. The second kappa shape index (κ2) is 6.16. The fourth-order valence-corrected chi connectivity index (χ4v) is 2.58. The Labute approximate surface area is 137 Å². The molecule has 0 fully saturated rings. The van der Waals surface area contributed by atoms with Crippen LogP contribution in [0, 0.1) is 0 Å². The lowest BCUT2D eigenvalue weighted by molar-refractivity contribution is -0.136. The van der Waals surface area contributed by atoms with E-state index < -0.39 is 12.1 Å². The molecule has 3 aromatic rings. The second-order valence-electron chi connectivity index (χ2n) is 5.49. The maximum atomic E-state index is 10.8. The Kier molecular flexibility index (Phi) is 4.04. The predicted molar refractivity (Wildman–Crippen MR) is 86.4 cm³/mol. The molecule has 0 spiro atoms. The number of phenolic OH excluding ortho intramolecular Hbond substituents is 2. The number of furan rings is 1. The Bertz CT molecular complexity index is 896. The second-order valence-corrected chi connectivity index (χ2v) is 5.49. The molecular weight excluding hydrogens is 312 g/mol. The summed E-state index contributed by atoms with van der Waals surface area (Å²) in [5, 5.41) is 28.8. The van der Waals surface area contributed by atoms with E-state index in [-0.39, 0.29) is 17.9 Å². The van der Waals surface area contributed by atoms with E-state index in [0.29, 0.717) is 22.5 Å². The van der Waals surface area contributed by atoms with E-state index in [4.69, 9.17) is 14.3 Å². The van der Waals surface area contributed by atoms with Crippen molar-refractivity contribution < 1.29 is 29.3 Å². The summed E-state index contributed by atoms with van der Waals surface area (Å²) < 4.78 is 11.2. The predicted octanol–water partition coefficient (Wildman–Crippen LogP) is 3.61. The smallest absolute Gasteiger partial charge is 0.307 e. The van der Waals surface area contributed by atoms with Crippen LogP contribution in [-0.4, -0.2) is 21.3 Å². The van der Waals surface area contributed by atoms with Crippen molar-refractivity contribution in [3.8, 4) is 17.2 Å². The maximum Gasteiger partial charge on any atom is 0.307 e. The summed E-state index contributed by atoms with van der Waals surface area (Å²) in [5.74, 6) is -0.468. The zero-order chi connectivity index (χ0) is 17.3. The van der Waals surface area contributed by atoms with Gasteiger partial charge in [-0.15, -0.1) is 0 Å². The molecule has 1 heterocycles. The van der Waals surface area contributed by atoms with E-state index in [2.05, 4.69) is 0 Å². The summed E-state index contributed by atoms with van der Waals surface area (Å²) in [6.45, 7) is 1.77. The highest BCUT2D eigenvalue weighted by atomic mass is 16.5. The van der Waals surface area contributed by atoms with E-state index in [9.17, 15) is 15.0 Å². The van der Waals surface area contributed by atoms with Crippen LogP contribution in [0.2, 0.25) is 0 Å². The van der Waals surface area contributed by atoms with Crippen molar-refractivity contribution in [2.45, 2.75) is 19.4 Å². The van der Waals surface area contributed by atoms with Gasteiger partial charge < -0.3 is 24.5 Å². The van der Waals surface area contributed by atoms with Gasteiger partial charge in [0.2, 0.25) is 0 Å². The molecule has 1 aromatic heterocycles. The van der Waals surface area contributed by atoms with Crippen LogP contribution in [0.3, 0.4) is 0 Å². The number of ether oxygens (including phenoxy) is 1. The zero-order valence-electron chi connectivity index (χ0n) is 12.9. The number of fused-ring (bicyclic) bond motifs is 1. The molecule has 24 heavy (non-hydrogen) atoms. The Morgan fingerprint density at radius 1 is 1.21 bits per heavy atom. The van der Waals surface area contributed by atoms with Gasteiger partial charge in [0.15, 0.2) is 0 Å². The van der Waals surface area contributed by atoms with Crippen LogP contribution in [0.4, 0.5) is 0 Å². The maximum absolute atomic E-state index is 10.8. The van der Waals surface area contributed by atoms with Crippen LogP contribution in [0.15, 0.2) is 47.1 Å². The number of hydrogen-bond acceptors (Lipinski definition) is 5. The third-order valence-corrected chi connectivity index (χ3v) is 3.73. The van der Waals surface area contributed by atoms with Crippen LogP contribution in [-0.2, 0) is 11.2 Å². The minimum Gasteiger partial charge on any atom is -0.508 e. The summed E-state index contributed by atoms with van der Waals surface area (Å²) in [6.07, 6.45) is 0.875. The van der Waals surface area contributed by atoms with Crippen molar-refractivity contribution in [3.63, 3.8) is 0 Å². The van der Waals surface area contributed by atoms with Crippen LogP contribution in [0.1, 0.15) is 24.2 Å². The van der Waals surface area contributed by atoms with Crippen molar-refractivity contribution >= 4 is 16.9 Å². The number of carboxylic acids is 1. The van der Waals surface area contributed by atoms with Crippen molar-refractivity contribution in [1.29, 1.82) is 0 Å². The Balaban J connectivity index is 1.83. The molecule has 0 amide bonds. The molecule has 0 radical (unpaired) electrons. The normalized spacial score (nSPS) is 12.2. The van der Waals surface area contributed by atoms with Crippen LogP contribution < -0.4 is 4.74 Å².